The van der Waals surface area contributed by atoms with Gasteiger partial charge in [0.1, 0.15) is 0 Å². The van der Waals surface area contributed by atoms with Gasteiger partial charge in [0, 0.05) is 29.1 Å². The molecule has 204 valence electrons. The highest BCUT2D eigenvalue weighted by atomic mass is 14.9. The number of hydrogen-bond donors (Lipinski definition) is 0. The molecule has 0 aliphatic carbocycles. The van der Waals surface area contributed by atoms with Gasteiger partial charge in [0.05, 0.1) is 34.2 Å². The monoisotopic (exact) mass is 553 g/mol. The highest BCUT2D eigenvalue weighted by molar-refractivity contribution is 5.76. The molecule has 0 unspecified atom stereocenters. The van der Waals surface area contributed by atoms with E-state index in [0.29, 0.717) is 5.82 Å². The van der Waals surface area contributed by atoms with Crippen molar-refractivity contribution >= 4 is 0 Å². The van der Waals surface area contributed by atoms with Gasteiger partial charge in [-0.1, -0.05) is 97.1 Å². The number of pyridine rings is 3. The lowest BCUT2D eigenvalue weighted by molar-refractivity contribution is 1.16. The first-order valence-electron chi connectivity index (χ1n) is 14.2. The molecular weight excluding hydrogens is 526 g/mol. The van der Waals surface area contributed by atoms with Gasteiger partial charge < -0.3 is 0 Å². The van der Waals surface area contributed by atoms with Gasteiger partial charge in [-0.05, 0) is 60.0 Å². The third-order valence-corrected chi connectivity index (χ3v) is 7.26. The van der Waals surface area contributed by atoms with Crippen LogP contribution in [-0.2, 0) is 0 Å². The Hall–Kier alpha value is -5.81. The number of rotatable bonds is 6. The molecule has 3 aromatic carbocycles. The molecule has 0 atom stereocenters. The zero-order valence-corrected chi connectivity index (χ0v) is 23.6. The SMILES string of the molecule is Cc1ccc(-c2cc(-c3ccccc3)cc(-c3ccc(-c4nc(-c5ccccc5)cc(-c5ccccc5)n4)cn3)n2)nc1. The maximum Gasteiger partial charge on any atom is 0.161 e. The summed E-state index contributed by atoms with van der Waals surface area (Å²) in [6.45, 7) is 2.03. The summed E-state index contributed by atoms with van der Waals surface area (Å²) in [5.41, 5.74) is 11.0. The number of nitrogens with zero attached hydrogens (tertiary/aromatic N) is 5. The highest BCUT2D eigenvalue weighted by Gasteiger charge is 2.14. The lowest BCUT2D eigenvalue weighted by atomic mass is 10.0. The van der Waals surface area contributed by atoms with Crippen molar-refractivity contribution in [1.82, 2.24) is 24.9 Å². The van der Waals surface area contributed by atoms with E-state index < -0.39 is 0 Å². The molecule has 7 aromatic rings. The highest BCUT2D eigenvalue weighted by Crippen LogP contribution is 2.31. The van der Waals surface area contributed by atoms with Crippen LogP contribution in [0.15, 0.2) is 146 Å². The van der Waals surface area contributed by atoms with Crippen LogP contribution in [0.5, 0.6) is 0 Å². The van der Waals surface area contributed by atoms with Gasteiger partial charge >= 0.3 is 0 Å². The normalized spacial score (nSPS) is 10.9. The van der Waals surface area contributed by atoms with Crippen LogP contribution in [0.3, 0.4) is 0 Å². The van der Waals surface area contributed by atoms with E-state index in [0.717, 1.165) is 67.5 Å². The van der Waals surface area contributed by atoms with E-state index in [2.05, 4.69) is 59.6 Å². The van der Waals surface area contributed by atoms with Gasteiger partial charge in [0.25, 0.3) is 0 Å². The van der Waals surface area contributed by atoms with Crippen molar-refractivity contribution in [2.45, 2.75) is 6.92 Å². The Bertz CT molecular complexity index is 1930. The minimum atomic E-state index is 0.620. The maximum absolute atomic E-state index is 4.98. The van der Waals surface area contributed by atoms with Gasteiger partial charge in [0.2, 0.25) is 0 Å². The third kappa shape index (κ3) is 5.69. The van der Waals surface area contributed by atoms with Crippen LogP contribution in [0, 0.1) is 6.92 Å². The number of aromatic nitrogens is 5. The van der Waals surface area contributed by atoms with Crippen molar-refractivity contribution in [3.05, 3.63) is 151 Å². The predicted octanol–water partition coefficient (Wildman–Crippen LogP) is 8.97. The van der Waals surface area contributed by atoms with Crippen molar-refractivity contribution < 1.29 is 0 Å². The molecule has 4 heterocycles. The van der Waals surface area contributed by atoms with E-state index >= 15 is 0 Å². The van der Waals surface area contributed by atoms with E-state index in [4.69, 9.17) is 19.9 Å². The molecule has 0 amide bonds. The average molecular weight is 554 g/mol. The first-order chi connectivity index (χ1) is 21.2. The first kappa shape index (κ1) is 26.1. The molecule has 43 heavy (non-hydrogen) atoms. The van der Waals surface area contributed by atoms with Crippen molar-refractivity contribution in [3.63, 3.8) is 0 Å². The molecule has 5 heteroatoms. The molecule has 0 saturated carbocycles. The second-order valence-electron chi connectivity index (χ2n) is 10.3. The summed E-state index contributed by atoms with van der Waals surface area (Å²) >= 11 is 0. The maximum atomic E-state index is 4.98. The molecule has 4 aromatic heterocycles. The topological polar surface area (TPSA) is 64.5 Å². The Labute approximate surface area is 250 Å². The summed E-state index contributed by atoms with van der Waals surface area (Å²) in [4.78, 5) is 24.4. The van der Waals surface area contributed by atoms with Crippen molar-refractivity contribution in [1.29, 1.82) is 0 Å². The molecule has 5 nitrogen and oxygen atoms in total. The zero-order chi connectivity index (χ0) is 29.0. The summed E-state index contributed by atoms with van der Waals surface area (Å²) in [6, 6.07) is 44.9. The van der Waals surface area contributed by atoms with Crippen LogP contribution in [0.2, 0.25) is 0 Å². The summed E-state index contributed by atoms with van der Waals surface area (Å²) in [7, 11) is 0. The lowest BCUT2D eigenvalue weighted by Crippen LogP contribution is -1.97. The van der Waals surface area contributed by atoms with Gasteiger partial charge in [0.15, 0.2) is 5.82 Å². The molecule has 0 aliphatic rings. The van der Waals surface area contributed by atoms with E-state index in [1.165, 1.54) is 0 Å². The van der Waals surface area contributed by atoms with E-state index in [-0.39, 0.29) is 0 Å². The Morgan fingerprint density at radius 3 is 1.35 bits per heavy atom. The molecule has 0 aliphatic heterocycles. The van der Waals surface area contributed by atoms with Gasteiger partial charge in [-0.15, -0.1) is 0 Å². The van der Waals surface area contributed by atoms with Crippen LogP contribution in [0.4, 0.5) is 0 Å². The number of hydrogen-bond acceptors (Lipinski definition) is 5. The average Bonchev–Trinajstić information content (AvgIpc) is 3.09. The van der Waals surface area contributed by atoms with Crippen molar-refractivity contribution in [2.75, 3.05) is 0 Å². The molecule has 0 bridgehead atoms. The first-order valence-corrected chi connectivity index (χ1v) is 14.2. The van der Waals surface area contributed by atoms with Crippen molar-refractivity contribution in [3.8, 4) is 67.8 Å². The summed E-state index contributed by atoms with van der Waals surface area (Å²) in [6.07, 6.45) is 3.70. The lowest BCUT2D eigenvalue weighted by Gasteiger charge is -2.11. The second kappa shape index (κ2) is 11.6. The predicted molar refractivity (Wildman–Crippen MR) is 173 cm³/mol. The van der Waals surface area contributed by atoms with Gasteiger partial charge in [-0.3, -0.25) is 9.97 Å². The molecule has 0 radical (unpaired) electrons. The summed E-state index contributed by atoms with van der Waals surface area (Å²) < 4.78 is 0. The second-order valence-corrected chi connectivity index (χ2v) is 10.3. The molecule has 0 N–H and O–H groups in total. The number of aryl methyl sites for hydroxylation is 1. The molecule has 0 spiro atoms. The third-order valence-electron chi connectivity index (χ3n) is 7.26. The van der Waals surface area contributed by atoms with Crippen LogP contribution >= 0.6 is 0 Å². The fourth-order valence-electron chi connectivity index (χ4n) is 4.98. The Kier molecular flexibility index (Phi) is 7.04. The molecule has 7 rings (SSSR count). The van der Waals surface area contributed by atoms with Gasteiger partial charge in [-0.25, -0.2) is 15.0 Å². The Morgan fingerprint density at radius 1 is 0.349 bits per heavy atom. The van der Waals surface area contributed by atoms with E-state index in [1.807, 2.05) is 98.2 Å². The largest absolute Gasteiger partial charge is 0.254 e. The minimum Gasteiger partial charge on any atom is -0.254 e. The Balaban J connectivity index is 1.31. The van der Waals surface area contributed by atoms with Crippen LogP contribution < -0.4 is 0 Å². The Morgan fingerprint density at radius 2 is 0.860 bits per heavy atom. The van der Waals surface area contributed by atoms with E-state index in [9.17, 15) is 0 Å². The van der Waals surface area contributed by atoms with Gasteiger partial charge in [-0.2, -0.15) is 0 Å². The van der Waals surface area contributed by atoms with Crippen LogP contribution in [0.1, 0.15) is 5.56 Å². The molecule has 0 saturated heterocycles. The van der Waals surface area contributed by atoms with Crippen LogP contribution in [-0.4, -0.2) is 24.9 Å². The minimum absolute atomic E-state index is 0.620. The fraction of sp³-hybridized carbons (Fsp3) is 0.0263. The smallest absolute Gasteiger partial charge is 0.161 e. The molecule has 0 fully saturated rings. The summed E-state index contributed by atoms with van der Waals surface area (Å²) in [5, 5.41) is 0. The van der Waals surface area contributed by atoms with Crippen LogP contribution in [0.25, 0.3) is 67.8 Å². The summed E-state index contributed by atoms with van der Waals surface area (Å²) in [5.74, 6) is 0.620. The fourth-order valence-corrected chi connectivity index (χ4v) is 4.98. The zero-order valence-electron chi connectivity index (χ0n) is 23.6. The van der Waals surface area contributed by atoms with E-state index in [1.54, 1.807) is 0 Å². The quantitative estimate of drug-likeness (QED) is 0.206. The van der Waals surface area contributed by atoms with Crippen molar-refractivity contribution in [2.24, 2.45) is 0 Å². The number of benzene rings is 3. The molecular formula is C38H27N5. The standard InChI is InChI=1S/C38H27N5/c1-26-17-19-32(39-24-26)36-21-31(27-11-5-2-6-12-27)22-37(41-36)33-20-18-30(25-40-33)38-42-34(28-13-7-3-8-14-28)23-35(43-38)29-15-9-4-10-16-29/h2-25H,1H3.